The van der Waals surface area contributed by atoms with Gasteiger partial charge in [-0.2, -0.15) is 0 Å². The number of amides is 1. The quantitative estimate of drug-likeness (QED) is 0.878. The van der Waals surface area contributed by atoms with Gasteiger partial charge in [-0.05, 0) is 58.2 Å². The highest BCUT2D eigenvalue weighted by molar-refractivity contribution is 6.30. The van der Waals surface area contributed by atoms with Crippen molar-refractivity contribution in [2.45, 2.75) is 64.3 Å². The second kappa shape index (κ2) is 6.88. The van der Waals surface area contributed by atoms with E-state index in [0.717, 1.165) is 17.9 Å². The molecule has 0 heterocycles. The second-order valence-electron chi connectivity index (χ2n) is 6.95. The molecule has 0 aromatic heterocycles. The molecule has 1 aromatic carbocycles. The zero-order chi connectivity index (χ0) is 16.3. The molecule has 22 heavy (non-hydrogen) atoms. The first-order valence-corrected chi connectivity index (χ1v) is 8.12. The van der Waals surface area contributed by atoms with Crippen LogP contribution >= 0.6 is 11.6 Å². The molecule has 1 aliphatic rings. The van der Waals surface area contributed by atoms with Gasteiger partial charge in [0.1, 0.15) is 5.60 Å². The smallest absolute Gasteiger partial charge is 0.407 e. The Labute approximate surface area is 137 Å². The molecule has 2 rings (SSSR count). The third kappa shape index (κ3) is 5.18. The summed E-state index contributed by atoms with van der Waals surface area (Å²) in [5, 5.41) is 7.22. The molecule has 1 saturated carbocycles. The molecule has 1 aliphatic carbocycles. The Balaban J connectivity index is 1.71. The van der Waals surface area contributed by atoms with Gasteiger partial charge in [-0.3, -0.25) is 0 Å². The molecule has 4 nitrogen and oxygen atoms in total. The predicted octanol–water partition coefficient (Wildman–Crippen LogP) is 4.05. The molecule has 5 heteroatoms. The molecule has 0 spiro atoms. The molecule has 0 radical (unpaired) electrons. The van der Waals surface area contributed by atoms with Crippen molar-refractivity contribution < 1.29 is 9.53 Å². The fourth-order valence-corrected chi connectivity index (χ4v) is 2.67. The molecule has 0 aliphatic heterocycles. The number of hydrogen-bond donors (Lipinski definition) is 2. The van der Waals surface area contributed by atoms with Gasteiger partial charge in [-0.1, -0.05) is 23.7 Å². The number of halogens is 1. The number of alkyl carbamates (subject to hydrolysis) is 1. The van der Waals surface area contributed by atoms with E-state index in [1.807, 2.05) is 45.0 Å². The fourth-order valence-electron chi connectivity index (χ4n) is 2.55. The van der Waals surface area contributed by atoms with Crippen molar-refractivity contribution in [2.75, 3.05) is 0 Å². The normalized spacial score (nSPS) is 22.6. The van der Waals surface area contributed by atoms with E-state index in [2.05, 4.69) is 17.6 Å². The van der Waals surface area contributed by atoms with E-state index < -0.39 is 5.60 Å². The highest BCUT2D eigenvalue weighted by Gasteiger charge is 2.32. The topological polar surface area (TPSA) is 50.4 Å². The number of rotatable bonds is 4. The van der Waals surface area contributed by atoms with Gasteiger partial charge in [0.05, 0.1) is 0 Å². The lowest BCUT2D eigenvalue weighted by Crippen LogP contribution is -2.53. The van der Waals surface area contributed by atoms with Gasteiger partial charge >= 0.3 is 6.09 Å². The molecular formula is C17H25ClN2O2. The molecule has 0 saturated heterocycles. The van der Waals surface area contributed by atoms with Gasteiger partial charge in [-0.15, -0.1) is 0 Å². The summed E-state index contributed by atoms with van der Waals surface area (Å²) in [6, 6.07) is 8.77. The number of benzene rings is 1. The third-order valence-corrected chi connectivity index (χ3v) is 3.97. The van der Waals surface area contributed by atoms with Crippen molar-refractivity contribution in [3.63, 3.8) is 0 Å². The van der Waals surface area contributed by atoms with Gasteiger partial charge < -0.3 is 15.4 Å². The largest absolute Gasteiger partial charge is 0.444 e. The first kappa shape index (κ1) is 17.1. The van der Waals surface area contributed by atoms with Crippen LogP contribution in [0, 0.1) is 0 Å². The molecule has 2 N–H and O–H groups in total. The van der Waals surface area contributed by atoms with Crippen LogP contribution < -0.4 is 10.6 Å². The number of carbonyl (C=O) groups excluding carboxylic acids is 1. The summed E-state index contributed by atoms with van der Waals surface area (Å²) in [6.07, 6.45) is 1.52. The first-order chi connectivity index (χ1) is 10.2. The van der Waals surface area contributed by atoms with Crippen molar-refractivity contribution in [1.29, 1.82) is 0 Å². The van der Waals surface area contributed by atoms with Crippen molar-refractivity contribution >= 4 is 17.7 Å². The van der Waals surface area contributed by atoms with Crippen molar-refractivity contribution in [3.05, 3.63) is 34.9 Å². The monoisotopic (exact) mass is 324 g/mol. The highest BCUT2D eigenvalue weighted by atomic mass is 35.5. The molecule has 1 atom stereocenters. The Morgan fingerprint density at radius 2 is 1.82 bits per heavy atom. The van der Waals surface area contributed by atoms with Crippen molar-refractivity contribution in [1.82, 2.24) is 10.6 Å². The SMILES string of the molecule is CC(NC1CC(NC(=O)OC(C)(C)C)C1)c1ccc(Cl)cc1. The van der Waals surface area contributed by atoms with Crippen LogP contribution in [0.5, 0.6) is 0 Å². The van der Waals surface area contributed by atoms with E-state index in [1.54, 1.807) is 0 Å². The molecule has 1 amide bonds. The van der Waals surface area contributed by atoms with Crippen LogP contribution in [0.2, 0.25) is 5.02 Å². The van der Waals surface area contributed by atoms with Gasteiger partial charge in [-0.25, -0.2) is 4.79 Å². The molecular weight excluding hydrogens is 300 g/mol. The fraction of sp³-hybridized carbons (Fsp3) is 0.588. The molecule has 1 fully saturated rings. The van der Waals surface area contributed by atoms with Gasteiger partial charge in [0.25, 0.3) is 0 Å². The number of hydrogen-bond acceptors (Lipinski definition) is 3. The van der Waals surface area contributed by atoms with Gasteiger partial charge in [0.15, 0.2) is 0 Å². The summed E-state index contributed by atoms with van der Waals surface area (Å²) >= 11 is 5.90. The van der Waals surface area contributed by atoms with Crippen LogP contribution in [0.15, 0.2) is 24.3 Å². The van der Waals surface area contributed by atoms with Crippen LogP contribution in [-0.4, -0.2) is 23.8 Å². The summed E-state index contributed by atoms with van der Waals surface area (Å²) in [6.45, 7) is 7.74. The van der Waals surface area contributed by atoms with Gasteiger partial charge in [0, 0.05) is 23.1 Å². The molecule has 122 valence electrons. The van der Waals surface area contributed by atoms with Crippen LogP contribution in [0.4, 0.5) is 4.79 Å². The summed E-state index contributed by atoms with van der Waals surface area (Å²) in [7, 11) is 0. The van der Waals surface area contributed by atoms with Crippen LogP contribution in [0.1, 0.15) is 52.1 Å². The molecule has 1 aromatic rings. The minimum absolute atomic E-state index is 0.199. The van der Waals surface area contributed by atoms with E-state index in [-0.39, 0.29) is 18.2 Å². The van der Waals surface area contributed by atoms with Crippen LogP contribution in [0.3, 0.4) is 0 Å². The summed E-state index contributed by atoms with van der Waals surface area (Å²) < 4.78 is 5.26. The Morgan fingerprint density at radius 3 is 2.36 bits per heavy atom. The lowest BCUT2D eigenvalue weighted by molar-refractivity contribution is 0.0463. The highest BCUT2D eigenvalue weighted by Crippen LogP contribution is 2.25. The standard InChI is InChI=1S/C17H25ClN2O2/c1-11(12-5-7-13(18)8-6-12)19-14-9-15(10-14)20-16(21)22-17(2,3)4/h5-8,11,14-15,19H,9-10H2,1-4H3,(H,20,21). The lowest BCUT2D eigenvalue weighted by atomic mass is 9.86. The van der Waals surface area contributed by atoms with E-state index in [9.17, 15) is 4.79 Å². The Hall–Kier alpha value is -1.26. The van der Waals surface area contributed by atoms with E-state index in [1.165, 1.54) is 5.56 Å². The molecule has 1 unspecified atom stereocenters. The molecule has 0 bridgehead atoms. The average Bonchev–Trinajstić information content (AvgIpc) is 2.34. The summed E-state index contributed by atoms with van der Waals surface area (Å²) in [5.74, 6) is 0. The van der Waals surface area contributed by atoms with E-state index in [4.69, 9.17) is 16.3 Å². The first-order valence-electron chi connectivity index (χ1n) is 7.74. The van der Waals surface area contributed by atoms with E-state index >= 15 is 0 Å². The Bertz CT molecular complexity index is 504. The Kier molecular flexibility index (Phi) is 5.35. The summed E-state index contributed by atoms with van der Waals surface area (Å²) in [5.41, 5.74) is 0.766. The van der Waals surface area contributed by atoms with Gasteiger partial charge in [0.2, 0.25) is 0 Å². The maximum atomic E-state index is 11.7. The Morgan fingerprint density at radius 1 is 1.23 bits per heavy atom. The number of carbonyl (C=O) groups is 1. The lowest BCUT2D eigenvalue weighted by Gasteiger charge is -2.38. The average molecular weight is 325 g/mol. The zero-order valence-corrected chi connectivity index (χ0v) is 14.4. The second-order valence-corrected chi connectivity index (χ2v) is 7.39. The number of nitrogens with one attached hydrogen (secondary N) is 2. The van der Waals surface area contributed by atoms with Crippen LogP contribution in [-0.2, 0) is 4.74 Å². The maximum Gasteiger partial charge on any atom is 0.407 e. The zero-order valence-electron chi connectivity index (χ0n) is 13.7. The minimum Gasteiger partial charge on any atom is -0.444 e. The predicted molar refractivity (Wildman–Crippen MR) is 89.2 cm³/mol. The van der Waals surface area contributed by atoms with Crippen LogP contribution in [0.25, 0.3) is 0 Å². The van der Waals surface area contributed by atoms with E-state index in [0.29, 0.717) is 6.04 Å². The van der Waals surface area contributed by atoms with Crippen molar-refractivity contribution in [3.8, 4) is 0 Å². The summed E-state index contributed by atoms with van der Waals surface area (Å²) in [4.78, 5) is 11.7. The number of ether oxygens (including phenoxy) is 1. The minimum atomic E-state index is -0.450. The third-order valence-electron chi connectivity index (χ3n) is 3.71. The van der Waals surface area contributed by atoms with Crippen molar-refractivity contribution in [2.24, 2.45) is 0 Å². The maximum absolute atomic E-state index is 11.7.